The molecule has 3 aromatic rings. The largest absolute Gasteiger partial charge is 0.508 e. The molecule has 42 heavy (non-hydrogen) atoms. The van der Waals surface area contributed by atoms with Gasteiger partial charge in [0.1, 0.15) is 35.6 Å². The third kappa shape index (κ3) is 5.01. The van der Waals surface area contributed by atoms with E-state index < -0.39 is 30.1 Å². The number of anilines is 1. The Morgan fingerprint density at radius 1 is 1.10 bits per heavy atom. The molecule has 3 aliphatic heterocycles. The molecule has 7 nitrogen and oxygen atoms in total. The van der Waals surface area contributed by atoms with Gasteiger partial charge in [-0.3, -0.25) is 9.88 Å². The van der Waals surface area contributed by atoms with E-state index in [2.05, 4.69) is 19.8 Å². The van der Waals surface area contributed by atoms with Crippen LogP contribution < -0.4 is 9.64 Å². The lowest BCUT2D eigenvalue weighted by Gasteiger charge is -2.34. The Morgan fingerprint density at radius 3 is 2.64 bits per heavy atom. The van der Waals surface area contributed by atoms with Gasteiger partial charge < -0.3 is 14.7 Å². The summed E-state index contributed by atoms with van der Waals surface area (Å²) in [5.41, 5.74) is -1.30. The van der Waals surface area contributed by atoms with Gasteiger partial charge in [0.15, 0.2) is 5.82 Å². The third-order valence-electron chi connectivity index (χ3n) is 9.52. The number of benzene rings is 1. The minimum atomic E-state index is -4.55. The Hall–Kier alpha value is -3.28. The molecule has 0 amide bonds. The number of phenolic OH excluding ortho intramolecular Hbond substituents is 1. The van der Waals surface area contributed by atoms with Crippen LogP contribution in [0, 0.1) is 17.7 Å². The van der Waals surface area contributed by atoms with E-state index in [1.807, 2.05) is 0 Å². The van der Waals surface area contributed by atoms with Crippen LogP contribution in [0.25, 0.3) is 22.2 Å². The molecule has 1 aromatic carbocycles. The van der Waals surface area contributed by atoms with E-state index in [9.17, 15) is 22.7 Å². The lowest BCUT2D eigenvalue weighted by molar-refractivity contribution is -0.127. The molecule has 0 spiro atoms. The molecule has 4 atom stereocenters. The second kappa shape index (κ2) is 10.2. The van der Waals surface area contributed by atoms with Gasteiger partial charge in [0.2, 0.25) is 0 Å². The van der Waals surface area contributed by atoms with Crippen LogP contribution in [0.2, 0.25) is 0 Å². The number of nitrogens with zero attached hydrogens (tertiary/aromatic N) is 5. The molecule has 2 unspecified atom stereocenters. The first-order valence-electron chi connectivity index (χ1n) is 14.6. The molecule has 0 radical (unpaired) electrons. The van der Waals surface area contributed by atoms with Crippen molar-refractivity contribution in [3.63, 3.8) is 0 Å². The predicted molar refractivity (Wildman–Crippen MR) is 146 cm³/mol. The Kier molecular flexibility index (Phi) is 6.67. The standard InChI is InChI=1S/C30H32F5N5O2/c31-20-11-29(6-1-7-40(29)15-20)16-42-28-37-26-23(27(38-28)39-13-17-2-3-18(8-17)14-39)12-36-25(24(26)32)22-9-21(41)5-4-19(22)10-30(33,34)35/h4-5,9,12,17-18,20,41H,1-3,6-8,10-11,13-16H2/t17?,18?,20-,29+/m1/s1. The van der Waals surface area contributed by atoms with Gasteiger partial charge in [-0.15, -0.1) is 0 Å². The molecule has 1 saturated carbocycles. The van der Waals surface area contributed by atoms with Gasteiger partial charge in [-0.1, -0.05) is 6.07 Å². The van der Waals surface area contributed by atoms with Crippen molar-refractivity contribution in [1.82, 2.24) is 19.9 Å². The van der Waals surface area contributed by atoms with Gasteiger partial charge in [-0.2, -0.15) is 23.1 Å². The number of pyridine rings is 1. The van der Waals surface area contributed by atoms with E-state index in [1.54, 1.807) is 0 Å². The van der Waals surface area contributed by atoms with Crippen molar-refractivity contribution in [2.75, 3.05) is 37.7 Å². The maximum atomic E-state index is 16.4. The maximum absolute atomic E-state index is 16.4. The summed E-state index contributed by atoms with van der Waals surface area (Å²) in [5, 5.41) is 10.4. The first-order valence-corrected chi connectivity index (χ1v) is 14.6. The first-order chi connectivity index (χ1) is 20.1. The molecule has 2 bridgehead atoms. The van der Waals surface area contributed by atoms with Crippen LogP contribution >= 0.6 is 0 Å². The number of aromatic nitrogens is 3. The van der Waals surface area contributed by atoms with Gasteiger partial charge in [0.25, 0.3) is 0 Å². The molecule has 224 valence electrons. The van der Waals surface area contributed by atoms with Gasteiger partial charge >= 0.3 is 12.2 Å². The van der Waals surface area contributed by atoms with E-state index in [1.165, 1.54) is 6.20 Å². The summed E-state index contributed by atoms with van der Waals surface area (Å²) < 4.78 is 76.9. The average molecular weight is 590 g/mol. The molecular formula is C30H32F5N5O2. The fourth-order valence-corrected chi connectivity index (χ4v) is 7.70. The fourth-order valence-electron chi connectivity index (χ4n) is 7.70. The normalized spacial score (nSPS) is 27.6. The van der Waals surface area contributed by atoms with Crippen molar-refractivity contribution in [3.8, 4) is 23.0 Å². The van der Waals surface area contributed by atoms with E-state index in [4.69, 9.17) is 9.72 Å². The molecule has 3 saturated heterocycles. The van der Waals surface area contributed by atoms with Crippen LogP contribution in [0.5, 0.6) is 11.8 Å². The van der Waals surface area contributed by atoms with Crippen molar-refractivity contribution in [2.24, 2.45) is 11.8 Å². The van der Waals surface area contributed by atoms with Crippen LogP contribution in [0.3, 0.4) is 0 Å². The molecule has 4 aliphatic rings. The van der Waals surface area contributed by atoms with Crippen molar-refractivity contribution in [2.45, 2.75) is 62.8 Å². The number of hydrogen-bond donors (Lipinski definition) is 1. The van der Waals surface area contributed by atoms with Gasteiger partial charge in [0, 0.05) is 37.8 Å². The van der Waals surface area contributed by atoms with Crippen LogP contribution in [-0.4, -0.2) is 75.6 Å². The summed E-state index contributed by atoms with van der Waals surface area (Å²) in [6.07, 6.45) is 0.0458. The summed E-state index contributed by atoms with van der Waals surface area (Å²) in [5.74, 6) is 0.250. The molecule has 12 heteroatoms. The number of piperidine rings is 1. The number of ether oxygens (including phenoxy) is 1. The smallest absolute Gasteiger partial charge is 0.393 e. The summed E-state index contributed by atoms with van der Waals surface area (Å²) >= 11 is 0. The monoisotopic (exact) mass is 589 g/mol. The number of phenols is 1. The quantitative estimate of drug-likeness (QED) is 0.363. The molecular weight excluding hydrogens is 557 g/mol. The number of alkyl halides is 4. The van der Waals surface area contributed by atoms with Crippen molar-refractivity contribution in [3.05, 3.63) is 35.8 Å². The predicted octanol–water partition coefficient (Wildman–Crippen LogP) is 5.83. The van der Waals surface area contributed by atoms with Crippen molar-refractivity contribution in [1.29, 1.82) is 0 Å². The number of halogens is 5. The summed E-state index contributed by atoms with van der Waals surface area (Å²) in [7, 11) is 0. The zero-order chi connectivity index (χ0) is 29.2. The minimum Gasteiger partial charge on any atom is -0.508 e. The van der Waals surface area contributed by atoms with Gasteiger partial charge in [-0.05, 0) is 68.2 Å². The lowest BCUT2D eigenvalue weighted by Crippen LogP contribution is -2.43. The Bertz CT molecular complexity index is 1510. The number of hydrogen-bond acceptors (Lipinski definition) is 7. The molecule has 1 aliphatic carbocycles. The topological polar surface area (TPSA) is 74.6 Å². The van der Waals surface area contributed by atoms with Crippen molar-refractivity contribution < 1.29 is 31.8 Å². The van der Waals surface area contributed by atoms with Gasteiger partial charge in [-0.25, -0.2) is 8.78 Å². The van der Waals surface area contributed by atoms with Crippen LogP contribution in [0.4, 0.5) is 27.8 Å². The van der Waals surface area contributed by atoms with E-state index in [0.717, 1.165) is 69.9 Å². The minimum absolute atomic E-state index is 0.0542. The van der Waals surface area contributed by atoms with Gasteiger partial charge in [0.05, 0.1) is 17.3 Å². The third-order valence-corrected chi connectivity index (χ3v) is 9.52. The Morgan fingerprint density at radius 2 is 1.88 bits per heavy atom. The zero-order valence-corrected chi connectivity index (χ0v) is 23.0. The highest BCUT2D eigenvalue weighted by molar-refractivity contribution is 5.92. The molecule has 2 aromatic heterocycles. The summed E-state index contributed by atoms with van der Waals surface area (Å²) in [6, 6.07) is 3.29. The highest BCUT2D eigenvalue weighted by Gasteiger charge is 2.49. The molecule has 4 fully saturated rings. The molecule has 5 heterocycles. The number of fused-ring (bicyclic) bond motifs is 4. The van der Waals surface area contributed by atoms with Crippen molar-refractivity contribution >= 4 is 16.7 Å². The van der Waals surface area contributed by atoms with E-state index >= 15 is 4.39 Å². The van der Waals surface area contributed by atoms with E-state index in [0.29, 0.717) is 36.0 Å². The van der Waals surface area contributed by atoms with Crippen LogP contribution in [0.1, 0.15) is 44.1 Å². The van der Waals surface area contributed by atoms with Crippen LogP contribution in [0.15, 0.2) is 24.4 Å². The molecule has 1 N–H and O–H groups in total. The summed E-state index contributed by atoms with van der Waals surface area (Å²) in [4.78, 5) is 17.6. The zero-order valence-electron chi connectivity index (χ0n) is 23.0. The maximum Gasteiger partial charge on any atom is 0.393 e. The fraction of sp³-hybridized carbons (Fsp3) is 0.567. The Balaban J connectivity index is 1.32. The number of aromatic hydroxyl groups is 1. The highest BCUT2D eigenvalue weighted by Crippen LogP contribution is 2.43. The molecule has 7 rings (SSSR count). The van der Waals surface area contributed by atoms with Crippen LogP contribution in [-0.2, 0) is 6.42 Å². The highest BCUT2D eigenvalue weighted by atomic mass is 19.4. The number of rotatable bonds is 6. The first kappa shape index (κ1) is 27.5. The Labute approximate surface area is 239 Å². The second-order valence-electron chi connectivity index (χ2n) is 12.5. The summed E-state index contributed by atoms with van der Waals surface area (Å²) in [6.45, 7) is 2.80. The second-order valence-corrected chi connectivity index (χ2v) is 12.5. The van der Waals surface area contributed by atoms with E-state index in [-0.39, 0.29) is 40.7 Å². The SMILES string of the molecule is Oc1ccc(CC(F)(F)F)c(-c2ncc3c(N4CC5CCC(C5)C4)nc(OC[C@@]45CCCN4C[C@H](F)C5)nc3c2F)c1. The lowest BCUT2D eigenvalue weighted by atomic mass is 9.95. The average Bonchev–Trinajstić information content (AvgIpc) is 3.58.